The van der Waals surface area contributed by atoms with Gasteiger partial charge in [0.25, 0.3) is 6.33 Å². The third-order valence-electron chi connectivity index (χ3n) is 9.20. The zero-order chi connectivity index (χ0) is 33.9. The first-order valence-electron chi connectivity index (χ1n) is 16.7. The third kappa shape index (κ3) is 5.53. The topological polar surface area (TPSA) is 48.8 Å². The van der Waals surface area contributed by atoms with E-state index < -0.39 is 0 Å². The number of imidazole rings is 1. The third-order valence-corrected chi connectivity index (χ3v) is 9.20. The van der Waals surface area contributed by atoms with Gasteiger partial charge in [-0.1, -0.05) is 96.1 Å². The van der Waals surface area contributed by atoms with Gasteiger partial charge in [0.2, 0.25) is 0 Å². The highest BCUT2D eigenvalue weighted by molar-refractivity contribution is 6.09. The second-order valence-electron chi connectivity index (χ2n) is 14.7. The minimum atomic E-state index is 0.00196. The molecule has 6 heteroatoms. The highest BCUT2D eigenvalue weighted by Crippen LogP contribution is 2.36. The number of hydrogen-bond acceptors (Lipinski definition) is 3. The molecule has 6 nitrogen and oxygen atoms in total. The maximum atomic E-state index is 6.56. The molecule has 0 bridgehead atoms. The smallest absolute Gasteiger partial charge is 0.271 e. The molecule has 4 aromatic heterocycles. The molecule has 0 aliphatic carbocycles. The highest BCUT2D eigenvalue weighted by Gasteiger charge is 2.20. The van der Waals surface area contributed by atoms with Crippen molar-refractivity contribution in [3.05, 3.63) is 145 Å². The number of rotatable bonds is 5. The normalized spacial score (nSPS) is 12.3. The van der Waals surface area contributed by atoms with Crippen LogP contribution in [-0.4, -0.2) is 19.1 Å². The molecule has 0 spiro atoms. The summed E-state index contributed by atoms with van der Waals surface area (Å²) in [6, 6.07) is 39.9. The Morgan fingerprint density at radius 1 is 0.571 bits per heavy atom. The Morgan fingerprint density at radius 3 is 2.06 bits per heavy atom. The SMILES string of the molecule is CC(C)(C)c1cccc(-[n+]2[c-]n(-c3cc(Oc4ccc5c6ccccc6n(-c6cc(C(C)(C)C)ccn6)c5c4)ccn3)c3ccccc32)c1. The largest absolute Gasteiger partial charge is 0.458 e. The van der Waals surface area contributed by atoms with Crippen LogP contribution in [0.15, 0.2) is 128 Å². The van der Waals surface area contributed by atoms with Gasteiger partial charge >= 0.3 is 0 Å². The van der Waals surface area contributed by atoms with Crippen molar-refractivity contribution in [2.75, 3.05) is 0 Å². The lowest BCUT2D eigenvalue weighted by Crippen LogP contribution is -2.30. The van der Waals surface area contributed by atoms with Crippen LogP contribution >= 0.6 is 0 Å². The van der Waals surface area contributed by atoms with Gasteiger partial charge in [-0.2, -0.15) is 0 Å². The first kappa shape index (κ1) is 30.6. The fourth-order valence-corrected chi connectivity index (χ4v) is 6.52. The van der Waals surface area contributed by atoms with Gasteiger partial charge in [0, 0.05) is 35.3 Å². The van der Waals surface area contributed by atoms with Crippen LogP contribution < -0.4 is 9.30 Å². The van der Waals surface area contributed by atoms with E-state index in [0.29, 0.717) is 5.75 Å². The minimum Gasteiger partial charge on any atom is -0.458 e. The summed E-state index contributed by atoms with van der Waals surface area (Å²) in [4.78, 5) is 9.58. The summed E-state index contributed by atoms with van der Waals surface area (Å²) in [6.07, 6.45) is 7.27. The second kappa shape index (κ2) is 11.4. The lowest BCUT2D eigenvalue weighted by Gasteiger charge is -2.20. The molecule has 0 N–H and O–H groups in total. The van der Waals surface area contributed by atoms with Gasteiger partial charge in [-0.25, -0.2) is 4.98 Å². The summed E-state index contributed by atoms with van der Waals surface area (Å²) in [7, 11) is 0. The highest BCUT2D eigenvalue weighted by atomic mass is 16.5. The van der Waals surface area contributed by atoms with Crippen LogP contribution in [0.4, 0.5) is 0 Å². The van der Waals surface area contributed by atoms with Gasteiger partial charge in [-0.3, -0.25) is 18.7 Å². The Kier molecular flexibility index (Phi) is 7.14. The summed E-state index contributed by atoms with van der Waals surface area (Å²) in [6.45, 7) is 13.4. The number of ether oxygens (including phenoxy) is 1. The number of fused-ring (bicyclic) bond motifs is 4. The van der Waals surface area contributed by atoms with Crippen LogP contribution in [0.1, 0.15) is 52.7 Å². The molecule has 0 aliphatic heterocycles. The van der Waals surface area contributed by atoms with Crippen molar-refractivity contribution >= 4 is 32.8 Å². The Labute approximate surface area is 286 Å². The molecule has 0 atom stereocenters. The van der Waals surface area contributed by atoms with Crippen LogP contribution in [0.3, 0.4) is 0 Å². The lowest BCUT2D eigenvalue weighted by atomic mass is 9.87. The van der Waals surface area contributed by atoms with Crippen molar-refractivity contribution in [1.82, 2.24) is 19.1 Å². The zero-order valence-corrected chi connectivity index (χ0v) is 28.8. The van der Waals surface area contributed by atoms with E-state index in [2.05, 4.69) is 148 Å². The average molecular weight is 642 g/mol. The first-order valence-corrected chi connectivity index (χ1v) is 16.7. The molecule has 0 fully saturated rings. The molecule has 0 aliphatic rings. The quantitative estimate of drug-likeness (QED) is 0.139. The van der Waals surface area contributed by atoms with Crippen molar-refractivity contribution in [1.29, 1.82) is 0 Å². The van der Waals surface area contributed by atoms with E-state index in [-0.39, 0.29) is 10.8 Å². The average Bonchev–Trinajstić information content (AvgIpc) is 3.64. The lowest BCUT2D eigenvalue weighted by molar-refractivity contribution is -0.572. The van der Waals surface area contributed by atoms with Crippen molar-refractivity contribution < 1.29 is 9.30 Å². The number of nitrogens with zero attached hydrogens (tertiary/aromatic N) is 5. The molecule has 8 aromatic rings. The summed E-state index contributed by atoms with van der Waals surface area (Å²) in [5.41, 5.74) is 7.79. The number of aromatic nitrogens is 5. The number of pyridine rings is 2. The molecule has 4 heterocycles. The van der Waals surface area contributed by atoms with Crippen molar-refractivity contribution in [2.24, 2.45) is 0 Å². The predicted octanol–water partition coefficient (Wildman–Crippen LogP) is 9.98. The molecular weight excluding hydrogens is 603 g/mol. The fourth-order valence-electron chi connectivity index (χ4n) is 6.52. The zero-order valence-electron chi connectivity index (χ0n) is 28.8. The summed E-state index contributed by atoms with van der Waals surface area (Å²) < 4.78 is 12.9. The maximum absolute atomic E-state index is 6.56. The van der Waals surface area contributed by atoms with Gasteiger partial charge in [0.1, 0.15) is 17.3 Å². The van der Waals surface area contributed by atoms with E-state index in [9.17, 15) is 0 Å². The maximum Gasteiger partial charge on any atom is 0.271 e. The van der Waals surface area contributed by atoms with Gasteiger partial charge < -0.3 is 4.74 Å². The Balaban J connectivity index is 1.20. The molecule has 8 rings (SSSR count). The number of benzene rings is 4. The standard InChI is InChI=1S/C43H39N5O/c1-42(2,3)29-12-11-13-31(24-29)46-28-47(38-17-10-9-16-37(38)46)40-27-33(21-23-44-40)49-32-18-19-35-34-14-7-8-15-36(34)48(39(35)26-32)41-25-30(20-22-45-41)43(4,5)6/h7-27H,1-6H3. The van der Waals surface area contributed by atoms with Crippen molar-refractivity contribution in [3.8, 4) is 28.8 Å². The van der Waals surface area contributed by atoms with E-state index in [1.54, 1.807) is 6.20 Å². The molecule has 49 heavy (non-hydrogen) atoms. The Bertz CT molecular complexity index is 2510. The van der Waals surface area contributed by atoms with Crippen LogP contribution in [0.2, 0.25) is 0 Å². The molecule has 0 saturated heterocycles. The van der Waals surface area contributed by atoms with Gasteiger partial charge in [0.15, 0.2) is 5.82 Å². The van der Waals surface area contributed by atoms with Crippen LogP contribution in [-0.2, 0) is 10.8 Å². The van der Waals surface area contributed by atoms with E-state index >= 15 is 0 Å². The van der Waals surface area contributed by atoms with E-state index in [1.165, 1.54) is 16.5 Å². The van der Waals surface area contributed by atoms with Crippen LogP contribution in [0.5, 0.6) is 11.5 Å². The fraction of sp³-hybridized carbons (Fsp3) is 0.186. The summed E-state index contributed by atoms with van der Waals surface area (Å²) in [5, 5.41) is 2.32. The number of hydrogen-bond donors (Lipinski definition) is 0. The molecular formula is C43H39N5O. The van der Waals surface area contributed by atoms with Crippen LogP contribution in [0.25, 0.3) is 50.2 Å². The summed E-state index contributed by atoms with van der Waals surface area (Å²) in [5.74, 6) is 3.03. The molecule has 242 valence electrons. The van der Waals surface area contributed by atoms with E-state index in [0.717, 1.165) is 50.5 Å². The molecule has 0 saturated carbocycles. The Hall–Kier alpha value is -5.75. The monoisotopic (exact) mass is 641 g/mol. The van der Waals surface area contributed by atoms with Gasteiger partial charge in [-0.15, -0.1) is 0 Å². The Morgan fingerprint density at radius 2 is 1.24 bits per heavy atom. The van der Waals surface area contributed by atoms with Gasteiger partial charge in [-0.05, 0) is 70.5 Å². The molecule has 0 unspecified atom stereocenters. The summed E-state index contributed by atoms with van der Waals surface area (Å²) >= 11 is 0. The van der Waals surface area contributed by atoms with Crippen LogP contribution in [0, 0.1) is 6.33 Å². The predicted molar refractivity (Wildman–Crippen MR) is 197 cm³/mol. The molecule has 0 radical (unpaired) electrons. The first-order chi connectivity index (χ1) is 23.5. The molecule has 4 aromatic carbocycles. The van der Waals surface area contributed by atoms with E-state index in [1.807, 2.05) is 35.0 Å². The second-order valence-corrected chi connectivity index (χ2v) is 14.7. The van der Waals surface area contributed by atoms with Crippen molar-refractivity contribution in [2.45, 2.75) is 52.4 Å². The number of para-hydroxylation sites is 3. The van der Waals surface area contributed by atoms with E-state index in [4.69, 9.17) is 14.7 Å². The molecule has 0 amide bonds. The van der Waals surface area contributed by atoms with Crippen molar-refractivity contribution in [3.63, 3.8) is 0 Å². The minimum absolute atomic E-state index is 0.00196. The van der Waals surface area contributed by atoms with Gasteiger partial charge in [0.05, 0.1) is 27.8 Å².